The summed E-state index contributed by atoms with van der Waals surface area (Å²) in [6, 6.07) is 4.03. The van der Waals surface area contributed by atoms with Gasteiger partial charge < -0.3 is 10.5 Å². The summed E-state index contributed by atoms with van der Waals surface area (Å²) < 4.78 is 5.18. The Hall–Kier alpha value is -1.09. The summed E-state index contributed by atoms with van der Waals surface area (Å²) in [6.07, 6.45) is 4.08. The Balaban J connectivity index is 2.32. The number of nitrogens with zero attached hydrogens (tertiary/aromatic N) is 1. The quantitative estimate of drug-likeness (QED) is 0.789. The van der Waals surface area contributed by atoms with Crippen LogP contribution in [0.25, 0.3) is 0 Å². The van der Waals surface area contributed by atoms with Crippen molar-refractivity contribution in [1.82, 2.24) is 4.98 Å². The molecule has 1 aliphatic rings. The lowest BCUT2D eigenvalue weighted by atomic mass is 9.94. The van der Waals surface area contributed by atoms with E-state index in [9.17, 15) is 0 Å². The molecule has 0 bridgehead atoms. The minimum atomic E-state index is 0.120. The molecule has 0 aliphatic heterocycles. The molecule has 0 radical (unpaired) electrons. The normalized spacial score (nSPS) is 20.2. The molecule has 3 heteroatoms. The minimum absolute atomic E-state index is 0.120. The van der Waals surface area contributed by atoms with Crippen molar-refractivity contribution in [2.45, 2.75) is 31.2 Å². The molecule has 2 N–H and O–H groups in total. The number of pyridine rings is 1. The maximum atomic E-state index is 5.98. The molecule has 1 aromatic heterocycles. The van der Waals surface area contributed by atoms with Crippen LogP contribution in [0.2, 0.25) is 0 Å². The summed E-state index contributed by atoms with van der Waals surface area (Å²) >= 11 is 0. The van der Waals surface area contributed by atoms with Crippen LogP contribution in [0, 0.1) is 0 Å². The lowest BCUT2D eigenvalue weighted by Crippen LogP contribution is -2.32. The highest BCUT2D eigenvalue weighted by molar-refractivity contribution is 5.33. The Morgan fingerprint density at radius 3 is 2.79 bits per heavy atom. The second kappa shape index (κ2) is 3.24. The summed E-state index contributed by atoms with van der Waals surface area (Å²) in [5, 5.41) is 0. The third-order valence-corrected chi connectivity index (χ3v) is 3.14. The molecule has 1 atom stereocenters. The van der Waals surface area contributed by atoms with E-state index in [1.807, 2.05) is 19.1 Å². The van der Waals surface area contributed by atoms with Crippen LogP contribution in [0.1, 0.15) is 25.5 Å². The molecule has 76 valence electrons. The number of aromatic nitrogens is 1. The molecular formula is C11H16N2O. The fraction of sp³-hybridized carbons (Fsp3) is 0.545. The fourth-order valence-corrected chi connectivity index (χ4v) is 1.89. The van der Waals surface area contributed by atoms with Crippen LogP contribution in [0.4, 0.5) is 0 Å². The van der Waals surface area contributed by atoms with Crippen molar-refractivity contribution in [2.24, 2.45) is 5.73 Å². The van der Waals surface area contributed by atoms with Gasteiger partial charge in [-0.25, -0.2) is 0 Å². The molecule has 1 unspecified atom stereocenters. The maximum Gasteiger partial charge on any atom is 0.122 e. The predicted molar refractivity (Wildman–Crippen MR) is 55.4 cm³/mol. The number of rotatable bonds is 3. The molecule has 0 saturated heterocycles. The summed E-state index contributed by atoms with van der Waals surface area (Å²) in [5.74, 6) is 0.863. The van der Waals surface area contributed by atoms with Crippen molar-refractivity contribution in [3.05, 3.63) is 24.0 Å². The Labute approximate surface area is 84.3 Å². The lowest BCUT2D eigenvalue weighted by Gasteiger charge is -2.19. The van der Waals surface area contributed by atoms with Gasteiger partial charge in [0.15, 0.2) is 0 Å². The number of methoxy groups -OCH3 is 1. The number of hydrogen-bond acceptors (Lipinski definition) is 3. The van der Waals surface area contributed by atoms with Crippen molar-refractivity contribution < 1.29 is 4.74 Å². The third kappa shape index (κ3) is 1.38. The first kappa shape index (κ1) is 9.46. The van der Waals surface area contributed by atoms with Gasteiger partial charge in [-0.2, -0.15) is 0 Å². The largest absolute Gasteiger partial charge is 0.497 e. The first-order valence-electron chi connectivity index (χ1n) is 4.95. The summed E-state index contributed by atoms with van der Waals surface area (Å²) in [4.78, 5) is 4.38. The van der Waals surface area contributed by atoms with Crippen molar-refractivity contribution >= 4 is 0 Å². The highest BCUT2D eigenvalue weighted by atomic mass is 16.5. The van der Waals surface area contributed by atoms with Gasteiger partial charge in [0.1, 0.15) is 5.75 Å². The molecule has 0 spiro atoms. The van der Waals surface area contributed by atoms with Crippen LogP contribution < -0.4 is 10.5 Å². The summed E-state index contributed by atoms with van der Waals surface area (Å²) in [5.41, 5.74) is 7.17. The van der Waals surface area contributed by atoms with Crippen LogP contribution in [0.5, 0.6) is 5.75 Å². The van der Waals surface area contributed by atoms with Crippen LogP contribution in [0.15, 0.2) is 18.3 Å². The Morgan fingerprint density at radius 1 is 1.57 bits per heavy atom. The van der Waals surface area contributed by atoms with E-state index in [0.29, 0.717) is 0 Å². The van der Waals surface area contributed by atoms with Crippen molar-refractivity contribution in [1.29, 1.82) is 0 Å². The first-order chi connectivity index (χ1) is 6.69. The van der Waals surface area contributed by atoms with Gasteiger partial charge in [-0.1, -0.05) is 0 Å². The lowest BCUT2D eigenvalue weighted by molar-refractivity contribution is 0.411. The zero-order valence-corrected chi connectivity index (χ0v) is 8.66. The molecule has 1 aliphatic carbocycles. The van der Waals surface area contributed by atoms with E-state index in [4.69, 9.17) is 10.5 Å². The molecule has 1 fully saturated rings. The molecule has 3 nitrogen and oxygen atoms in total. The first-order valence-corrected chi connectivity index (χ1v) is 4.95. The Bertz CT molecular complexity index is 332. The Kier molecular flexibility index (Phi) is 2.19. The third-order valence-electron chi connectivity index (χ3n) is 3.14. The SMILES string of the molecule is COc1ccnc(C2(C(C)N)CC2)c1. The smallest absolute Gasteiger partial charge is 0.122 e. The van der Waals surface area contributed by atoms with E-state index in [0.717, 1.165) is 24.3 Å². The second-order valence-corrected chi connectivity index (χ2v) is 4.03. The molecule has 1 aromatic rings. The molecule has 1 heterocycles. The van der Waals surface area contributed by atoms with Gasteiger partial charge in [-0.05, 0) is 25.8 Å². The van der Waals surface area contributed by atoms with E-state index in [1.54, 1.807) is 13.3 Å². The van der Waals surface area contributed by atoms with E-state index in [2.05, 4.69) is 4.98 Å². The van der Waals surface area contributed by atoms with Crippen LogP contribution >= 0.6 is 0 Å². The number of ether oxygens (including phenoxy) is 1. The number of hydrogen-bond donors (Lipinski definition) is 1. The molecule has 0 amide bonds. The standard InChI is InChI=1S/C11H16N2O/c1-8(12)11(4-5-11)10-7-9(14-2)3-6-13-10/h3,6-8H,4-5,12H2,1-2H3. The topological polar surface area (TPSA) is 48.1 Å². The second-order valence-electron chi connectivity index (χ2n) is 4.03. The predicted octanol–water partition coefficient (Wildman–Crippen LogP) is 1.47. The van der Waals surface area contributed by atoms with Gasteiger partial charge >= 0.3 is 0 Å². The van der Waals surface area contributed by atoms with Crippen molar-refractivity contribution in [3.63, 3.8) is 0 Å². The van der Waals surface area contributed by atoms with E-state index < -0.39 is 0 Å². The zero-order valence-electron chi connectivity index (χ0n) is 8.66. The van der Waals surface area contributed by atoms with E-state index in [1.165, 1.54) is 0 Å². The van der Waals surface area contributed by atoms with Crippen LogP contribution in [-0.2, 0) is 5.41 Å². The van der Waals surface area contributed by atoms with Gasteiger partial charge in [0, 0.05) is 23.7 Å². The maximum absolute atomic E-state index is 5.98. The summed E-state index contributed by atoms with van der Waals surface area (Å²) in [7, 11) is 1.67. The minimum Gasteiger partial charge on any atom is -0.497 e. The van der Waals surface area contributed by atoms with Gasteiger partial charge in [0.25, 0.3) is 0 Å². The molecular weight excluding hydrogens is 176 g/mol. The van der Waals surface area contributed by atoms with E-state index >= 15 is 0 Å². The molecule has 0 aromatic carbocycles. The molecule has 14 heavy (non-hydrogen) atoms. The molecule has 2 rings (SSSR count). The van der Waals surface area contributed by atoms with Gasteiger partial charge in [0.2, 0.25) is 0 Å². The summed E-state index contributed by atoms with van der Waals surface area (Å²) in [6.45, 7) is 2.05. The van der Waals surface area contributed by atoms with Crippen LogP contribution in [-0.4, -0.2) is 18.1 Å². The zero-order chi connectivity index (χ0) is 10.2. The van der Waals surface area contributed by atoms with Crippen LogP contribution in [0.3, 0.4) is 0 Å². The fourth-order valence-electron chi connectivity index (χ4n) is 1.89. The van der Waals surface area contributed by atoms with Crippen molar-refractivity contribution in [2.75, 3.05) is 7.11 Å². The highest BCUT2D eigenvalue weighted by Gasteiger charge is 2.48. The van der Waals surface area contributed by atoms with Gasteiger partial charge in [-0.15, -0.1) is 0 Å². The highest BCUT2D eigenvalue weighted by Crippen LogP contribution is 2.49. The van der Waals surface area contributed by atoms with Gasteiger partial charge in [0.05, 0.1) is 12.8 Å². The number of nitrogens with two attached hydrogens (primary N) is 1. The van der Waals surface area contributed by atoms with Crippen molar-refractivity contribution in [3.8, 4) is 5.75 Å². The average molecular weight is 192 g/mol. The van der Waals surface area contributed by atoms with E-state index in [-0.39, 0.29) is 11.5 Å². The monoisotopic (exact) mass is 192 g/mol. The molecule has 1 saturated carbocycles. The Morgan fingerprint density at radius 2 is 2.29 bits per heavy atom. The van der Waals surface area contributed by atoms with Gasteiger partial charge in [-0.3, -0.25) is 4.98 Å². The average Bonchev–Trinajstić information content (AvgIpc) is 2.98.